The Kier molecular flexibility index (Phi) is 5.09. The minimum atomic E-state index is -0.353. The molecule has 1 amide bonds. The molecule has 0 saturated heterocycles. The Hall–Kier alpha value is -1.72. The molecule has 0 spiro atoms. The van der Waals surface area contributed by atoms with Crippen LogP contribution in [0, 0.1) is 5.82 Å². The normalized spacial score (nSPS) is 12.0. The summed E-state index contributed by atoms with van der Waals surface area (Å²) in [4.78, 5) is 13.0. The lowest BCUT2D eigenvalue weighted by Crippen LogP contribution is -2.22. The van der Waals surface area contributed by atoms with Crippen molar-refractivity contribution in [3.63, 3.8) is 0 Å². The second-order valence-electron chi connectivity index (χ2n) is 4.43. The number of carbonyl (C=O) groups excluding carboxylic acids is 1. The molecule has 2 rings (SSSR count). The Morgan fingerprint density at radius 3 is 2.62 bits per heavy atom. The van der Waals surface area contributed by atoms with Gasteiger partial charge in [0.2, 0.25) is 5.91 Å². The van der Waals surface area contributed by atoms with E-state index in [9.17, 15) is 9.18 Å². The second-order valence-corrected chi connectivity index (χ2v) is 6.29. The van der Waals surface area contributed by atoms with Gasteiger partial charge in [0.1, 0.15) is 5.82 Å². The number of thioether (sulfide) groups is 1. The van der Waals surface area contributed by atoms with E-state index >= 15 is 0 Å². The van der Waals surface area contributed by atoms with Crippen molar-refractivity contribution in [2.24, 2.45) is 0 Å². The summed E-state index contributed by atoms with van der Waals surface area (Å²) in [6.07, 6.45) is 0. The number of benzene rings is 2. The minimum absolute atomic E-state index is 0.196. The first kappa shape index (κ1) is 15.7. The van der Waals surface area contributed by atoms with Crippen molar-refractivity contribution in [3.05, 3.63) is 53.3 Å². The van der Waals surface area contributed by atoms with Gasteiger partial charge >= 0.3 is 0 Å². The Morgan fingerprint density at radius 1 is 1.29 bits per heavy atom. The van der Waals surface area contributed by atoms with Gasteiger partial charge in [-0.3, -0.25) is 4.79 Å². The molecule has 3 nitrogen and oxygen atoms in total. The number of nitrogens with two attached hydrogens (primary N) is 1. The maximum absolute atomic E-state index is 12.8. The number of anilines is 2. The molecule has 2 aromatic rings. The van der Waals surface area contributed by atoms with Crippen LogP contribution in [0.5, 0.6) is 0 Å². The summed E-state index contributed by atoms with van der Waals surface area (Å²) >= 11 is 7.21. The number of rotatable bonds is 4. The van der Waals surface area contributed by atoms with Gasteiger partial charge in [-0.25, -0.2) is 4.39 Å². The fraction of sp³-hybridized carbons (Fsp3) is 0.133. The molecule has 0 aliphatic carbocycles. The van der Waals surface area contributed by atoms with Crippen LogP contribution in [-0.2, 0) is 4.79 Å². The first-order valence-corrected chi connectivity index (χ1v) is 7.49. The maximum atomic E-state index is 12.8. The molecule has 3 N–H and O–H groups in total. The van der Waals surface area contributed by atoms with Gasteiger partial charge in [-0.15, -0.1) is 11.8 Å². The van der Waals surface area contributed by atoms with Crippen LogP contribution in [0.3, 0.4) is 0 Å². The molecular weight excluding hydrogens is 311 g/mol. The summed E-state index contributed by atoms with van der Waals surface area (Å²) in [6.45, 7) is 1.77. The Morgan fingerprint density at radius 2 is 1.95 bits per heavy atom. The number of carbonyl (C=O) groups is 1. The fourth-order valence-electron chi connectivity index (χ4n) is 1.64. The topological polar surface area (TPSA) is 55.1 Å². The molecule has 0 aliphatic rings. The summed E-state index contributed by atoms with van der Waals surface area (Å²) in [5.74, 6) is -0.499. The predicted molar refractivity (Wildman–Crippen MR) is 86.2 cm³/mol. The van der Waals surface area contributed by atoms with Crippen LogP contribution in [0.4, 0.5) is 15.8 Å². The number of halogens is 2. The summed E-state index contributed by atoms with van der Waals surface area (Å²) in [5.41, 5.74) is 6.72. The van der Waals surface area contributed by atoms with Crippen LogP contribution in [0.2, 0.25) is 5.02 Å². The molecule has 6 heteroatoms. The zero-order valence-corrected chi connectivity index (χ0v) is 12.8. The minimum Gasteiger partial charge on any atom is -0.397 e. The van der Waals surface area contributed by atoms with E-state index in [1.54, 1.807) is 37.3 Å². The average Bonchev–Trinajstić information content (AvgIpc) is 2.45. The van der Waals surface area contributed by atoms with Crippen molar-refractivity contribution in [2.45, 2.75) is 17.1 Å². The molecule has 0 aliphatic heterocycles. The number of nitrogen functional groups attached to an aromatic ring is 1. The third kappa shape index (κ3) is 4.37. The van der Waals surface area contributed by atoms with Crippen LogP contribution >= 0.6 is 23.4 Å². The molecule has 0 heterocycles. The Bertz CT molecular complexity index is 649. The van der Waals surface area contributed by atoms with E-state index in [2.05, 4.69) is 5.32 Å². The zero-order valence-electron chi connectivity index (χ0n) is 11.3. The highest BCUT2D eigenvalue weighted by molar-refractivity contribution is 8.00. The molecule has 0 radical (unpaired) electrons. The molecule has 1 atom stereocenters. The molecule has 110 valence electrons. The summed E-state index contributed by atoms with van der Waals surface area (Å²) in [5, 5.41) is 2.88. The first-order valence-electron chi connectivity index (χ1n) is 6.24. The van der Waals surface area contributed by atoms with Gasteiger partial charge in [0.25, 0.3) is 0 Å². The van der Waals surface area contributed by atoms with Crippen LogP contribution in [-0.4, -0.2) is 11.2 Å². The van der Waals surface area contributed by atoms with E-state index in [0.29, 0.717) is 16.4 Å². The Labute approximate surface area is 131 Å². The van der Waals surface area contributed by atoms with E-state index in [1.165, 1.54) is 23.9 Å². The van der Waals surface area contributed by atoms with Crippen LogP contribution in [0.15, 0.2) is 47.4 Å². The highest BCUT2D eigenvalue weighted by Crippen LogP contribution is 2.27. The summed E-state index contributed by atoms with van der Waals surface area (Å²) in [7, 11) is 0. The molecule has 0 saturated carbocycles. The van der Waals surface area contributed by atoms with Crippen molar-refractivity contribution >= 4 is 40.6 Å². The molecule has 2 aromatic carbocycles. The predicted octanol–water partition coefficient (Wildman–Crippen LogP) is 4.18. The van der Waals surface area contributed by atoms with Crippen molar-refractivity contribution < 1.29 is 9.18 Å². The lowest BCUT2D eigenvalue weighted by Gasteiger charge is -2.13. The van der Waals surface area contributed by atoms with E-state index in [0.717, 1.165) is 4.90 Å². The third-order valence-corrected chi connectivity index (χ3v) is 4.12. The number of hydrogen-bond acceptors (Lipinski definition) is 3. The first-order chi connectivity index (χ1) is 9.95. The molecule has 0 aromatic heterocycles. The number of hydrogen-bond donors (Lipinski definition) is 2. The molecule has 1 unspecified atom stereocenters. The third-order valence-electron chi connectivity index (χ3n) is 2.77. The van der Waals surface area contributed by atoms with E-state index in [-0.39, 0.29) is 17.0 Å². The van der Waals surface area contributed by atoms with Gasteiger partial charge in [0.05, 0.1) is 16.6 Å². The second kappa shape index (κ2) is 6.83. The summed E-state index contributed by atoms with van der Waals surface area (Å²) < 4.78 is 12.8. The van der Waals surface area contributed by atoms with Crippen LogP contribution < -0.4 is 11.1 Å². The quantitative estimate of drug-likeness (QED) is 0.655. The van der Waals surface area contributed by atoms with Gasteiger partial charge in [-0.05, 0) is 49.4 Å². The molecular formula is C15H14ClFN2OS. The highest BCUT2D eigenvalue weighted by atomic mass is 35.5. The lowest BCUT2D eigenvalue weighted by atomic mass is 10.2. The monoisotopic (exact) mass is 324 g/mol. The highest BCUT2D eigenvalue weighted by Gasteiger charge is 2.15. The fourth-order valence-corrected chi connectivity index (χ4v) is 2.68. The van der Waals surface area contributed by atoms with E-state index in [1.807, 2.05) is 0 Å². The summed E-state index contributed by atoms with van der Waals surface area (Å²) in [6, 6.07) is 10.9. The smallest absolute Gasteiger partial charge is 0.237 e. The average molecular weight is 325 g/mol. The number of amides is 1. The van der Waals surface area contributed by atoms with E-state index in [4.69, 9.17) is 17.3 Å². The lowest BCUT2D eigenvalue weighted by molar-refractivity contribution is -0.115. The van der Waals surface area contributed by atoms with Gasteiger partial charge in [0.15, 0.2) is 0 Å². The van der Waals surface area contributed by atoms with Crippen molar-refractivity contribution in [1.29, 1.82) is 0 Å². The van der Waals surface area contributed by atoms with Crippen molar-refractivity contribution in [3.8, 4) is 0 Å². The van der Waals surface area contributed by atoms with Gasteiger partial charge < -0.3 is 11.1 Å². The van der Waals surface area contributed by atoms with Gasteiger partial charge in [-0.2, -0.15) is 0 Å². The molecule has 0 fully saturated rings. The van der Waals surface area contributed by atoms with E-state index < -0.39 is 0 Å². The molecule has 0 bridgehead atoms. The zero-order chi connectivity index (χ0) is 15.4. The standard InChI is InChI=1S/C15H14ClFN2OS/c1-9(21-12-5-3-11(17)4-6-12)15(20)19-14-8-10(16)2-7-13(14)18/h2-9H,18H2,1H3,(H,19,20). The van der Waals surface area contributed by atoms with Crippen LogP contribution in [0.25, 0.3) is 0 Å². The number of nitrogens with one attached hydrogen (secondary N) is 1. The maximum Gasteiger partial charge on any atom is 0.237 e. The SMILES string of the molecule is CC(Sc1ccc(F)cc1)C(=O)Nc1cc(Cl)ccc1N. The van der Waals surface area contributed by atoms with Crippen LogP contribution in [0.1, 0.15) is 6.92 Å². The van der Waals surface area contributed by atoms with Crippen molar-refractivity contribution in [2.75, 3.05) is 11.1 Å². The Balaban J connectivity index is 2.02. The largest absolute Gasteiger partial charge is 0.397 e. The molecule has 21 heavy (non-hydrogen) atoms. The van der Waals surface area contributed by atoms with Crippen molar-refractivity contribution in [1.82, 2.24) is 0 Å². The van der Waals surface area contributed by atoms with Gasteiger partial charge in [-0.1, -0.05) is 11.6 Å². The van der Waals surface area contributed by atoms with Gasteiger partial charge in [0, 0.05) is 9.92 Å².